The third-order valence-electron chi connectivity index (χ3n) is 3.53. The Labute approximate surface area is 168 Å². The van der Waals surface area contributed by atoms with Crippen molar-refractivity contribution in [2.45, 2.75) is 38.1 Å². The molecule has 0 heterocycles. The summed E-state index contributed by atoms with van der Waals surface area (Å²) in [6, 6.07) is 9.83. The van der Waals surface area contributed by atoms with Crippen LogP contribution in [-0.2, 0) is 10.0 Å². The molecule has 0 bridgehead atoms. The van der Waals surface area contributed by atoms with Gasteiger partial charge in [0.05, 0.1) is 12.8 Å². The monoisotopic (exact) mass is 454 g/mol. The second-order valence-electron chi connectivity index (χ2n) is 7.16. The normalized spacial score (nSPS) is 11.9. The van der Waals surface area contributed by atoms with Gasteiger partial charge in [-0.05, 0) is 79.5 Å². The van der Waals surface area contributed by atoms with E-state index in [0.29, 0.717) is 5.69 Å². The van der Waals surface area contributed by atoms with E-state index in [4.69, 9.17) is 4.74 Å². The second-order valence-corrected chi connectivity index (χ2v) is 9.66. The lowest BCUT2D eigenvalue weighted by atomic mass is 10.1. The zero-order valence-electron chi connectivity index (χ0n) is 15.9. The fourth-order valence-electron chi connectivity index (χ4n) is 2.40. The van der Waals surface area contributed by atoms with Gasteiger partial charge in [0.2, 0.25) is 10.0 Å². The molecule has 27 heavy (non-hydrogen) atoms. The Morgan fingerprint density at radius 1 is 1.11 bits per heavy atom. The number of ether oxygens (including phenoxy) is 1. The second kappa shape index (κ2) is 8.00. The summed E-state index contributed by atoms with van der Waals surface area (Å²) in [5.74, 6) is -0.255. The molecule has 0 radical (unpaired) electrons. The first-order valence-corrected chi connectivity index (χ1v) is 10.5. The Morgan fingerprint density at radius 3 is 2.33 bits per heavy atom. The van der Waals surface area contributed by atoms with Crippen molar-refractivity contribution in [3.8, 4) is 5.75 Å². The molecule has 0 saturated heterocycles. The van der Waals surface area contributed by atoms with E-state index in [-0.39, 0.29) is 16.2 Å². The largest absolute Gasteiger partial charge is 0.495 e. The first kappa shape index (κ1) is 21.4. The number of methoxy groups -OCH3 is 1. The summed E-state index contributed by atoms with van der Waals surface area (Å²) < 4.78 is 33.9. The highest BCUT2D eigenvalue weighted by atomic mass is 79.9. The molecule has 2 rings (SSSR count). The van der Waals surface area contributed by atoms with E-state index in [0.717, 1.165) is 10.0 Å². The number of carbonyl (C=O) groups excluding carboxylic acids is 1. The Hall–Kier alpha value is -1.90. The third-order valence-corrected chi connectivity index (χ3v) is 5.96. The minimum Gasteiger partial charge on any atom is -0.495 e. The van der Waals surface area contributed by atoms with Gasteiger partial charge in [-0.3, -0.25) is 4.79 Å². The number of carbonyl (C=O) groups is 1. The van der Waals surface area contributed by atoms with Crippen LogP contribution >= 0.6 is 15.9 Å². The lowest BCUT2D eigenvalue weighted by molar-refractivity contribution is 0.102. The number of anilines is 1. The predicted octanol–water partition coefficient (Wildman–Crippen LogP) is 4.10. The van der Waals surface area contributed by atoms with Crippen LogP contribution in [0.1, 0.15) is 36.7 Å². The van der Waals surface area contributed by atoms with E-state index >= 15 is 0 Å². The zero-order valence-corrected chi connectivity index (χ0v) is 18.3. The average Bonchev–Trinajstić information content (AvgIpc) is 2.54. The molecule has 1 amide bonds. The molecule has 0 fully saturated rings. The molecule has 0 saturated carbocycles. The smallest absolute Gasteiger partial charge is 0.255 e. The molecule has 0 unspecified atom stereocenters. The molecule has 0 aromatic heterocycles. The van der Waals surface area contributed by atoms with Crippen molar-refractivity contribution in [1.29, 1.82) is 0 Å². The van der Waals surface area contributed by atoms with Gasteiger partial charge in [0.25, 0.3) is 5.91 Å². The number of benzene rings is 2. The van der Waals surface area contributed by atoms with Gasteiger partial charge in [0.15, 0.2) is 0 Å². The van der Waals surface area contributed by atoms with Crippen molar-refractivity contribution in [2.75, 3.05) is 12.4 Å². The van der Waals surface area contributed by atoms with Gasteiger partial charge in [-0.25, -0.2) is 13.1 Å². The van der Waals surface area contributed by atoms with Gasteiger partial charge >= 0.3 is 0 Å². The number of sulfonamides is 1. The van der Waals surface area contributed by atoms with Crippen LogP contribution in [0.15, 0.2) is 45.8 Å². The molecule has 0 atom stereocenters. The van der Waals surface area contributed by atoms with Crippen molar-refractivity contribution >= 4 is 37.5 Å². The minimum absolute atomic E-state index is 0.0875. The predicted molar refractivity (Wildman–Crippen MR) is 110 cm³/mol. The number of aryl methyl sites for hydroxylation is 1. The minimum atomic E-state index is -3.87. The fourth-order valence-corrected chi connectivity index (χ4v) is 4.61. The van der Waals surface area contributed by atoms with E-state index in [1.54, 1.807) is 26.8 Å². The Bertz CT molecular complexity index is 966. The van der Waals surface area contributed by atoms with E-state index in [1.807, 2.05) is 19.1 Å². The number of halogens is 1. The summed E-state index contributed by atoms with van der Waals surface area (Å²) in [6.45, 7) is 7.16. The molecular formula is C19H23BrN2O4S. The first-order valence-electron chi connectivity index (χ1n) is 8.22. The number of amides is 1. The number of rotatable bonds is 5. The van der Waals surface area contributed by atoms with Gasteiger partial charge in [-0.2, -0.15) is 0 Å². The lowest BCUT2D eigenvalue weighted by Gasteiger charge is -2.21. The van der Waals surface area contributed by atoms with Crippen LogP contribution in [0.5, 0.6) is 5.75 Å². The van der Waals surface area contributed by atoms with Gasteiger partial charge in [0, 0.05) is 15.6 Å². The van der Waals surface area contributed by atoms with Crippen molar-refractivity contribution in [1.82, 2.24) is 4.72 Å². The van der Waals surface area contributed by atoms with Crippen LogP contribution in [0.4, 0.5) is 5.69 Å². The Morgan fingerprint density at radius 2 is 1.78 bits per heavy atom. The maximum atomic E-state index is 12.7. The number of hydrogen-bond acceptors (Lipinski definition) is 4. The summed E-state index contributed by atoms with van der Waals surface area (Å²) in [5.41, 5.74) is 1.18. The summed E-state index contributed by atoms with van der Waals surface area (Å²) in [4.78, 5) is 12.5. The first-order chi connectivity index (χ1) is 12.4. The van der Waals surface area contributed by atoms with Crippen LogP contribution in [0, 0.1) is 6.92 Å². The number of nitrogens with one attached hydrogen (secondary N) is 2. The SMILES string of the molecule is COc1ccc(C(=O)Nc2ccc(C)cc2Br)cc1S(=O)(=O)NC(C)(C)C. The molecule has 2 aromatic rings. The zero-order chi connectivity index (χ0) is 20.4. The topological polar surface area (TPSA) is 84.5 Å². The molecule has 0 aliphatic rings. The van der Waals surface area contributed by atoms with Gasteiger partial charge in [-0.15, -0.1) is 0 Å². The molecule has 146 valence electrons. The third kappa shape index (κ3) is 5.54. The molecule has 2 N–H and O–H groups in total. The highest BCUT2D eigenvalue weighted by molar-refractivity contribution is 9.10. The number of hydrogen-bond donors (Lipinski definition) is 2. The quantitative estimate of drug-likeness (QED) is 0.711. The average molecular weight is 455 g/mol. The van der Waals surface area contributed by atoms with Crippen LogP contribution in [0.25, 0.3) is 0 Å². The summed E-state index contributed by atoms with van der Waals surface area (Å²) in [7, 11) is -2.48. The van der Waals surface area contributed by atoms with E-state index in [2.05, 4.69) is 26.0 Å². The molecule has 0 spiro atoms. The van der Waals surface area contributed by atoms with E-state index < -0.39 is 21.5 Å². The van der Waals surface area contributed by atoms with Crippen molar-refractivity contribution in [3.63, 3.8) is 0 Å². The van der Waals surface area contributed by atoms with Crippen LogP contribution < -0.4 is 14.8 Å². The molecular weight excluding hydrogens is 432 g/mol. The maximum Gasteiger partial charge on any atom is 0.255 e. The summed E-state index contributed by atoms with van der Waals surface area (Å²) >= 11 is 3.41. The van der Waals surface area contributed by atoms with Crippen LogP contribution in [0.2, 0.25) is 0 Å². The summed E-state index contributed by atoms with van der Waals surface area (Å²) in [6.07, 6.45) is 0. The molecule has 2 aromatic carbocycles. The van der Waals surface area contributed by atoms with E-state index in [9.17, 15) is 13.2 Å². The standard InChI is InChI=1S/C19H23BrN2O4S/c1-12-6-8-15(14(20)10-12)21-18(23)13-7-9-16(26-5)17(11-13)27(24,25)22-19(2,3)4/h6-11,22H,1-5H3,(H,21,23). The molecule has 0 aliphatic carbocycles. The van der Waals surface area contributed by atoms with Crippen molar-refractivity contribution in [2.24, 2.45) is 0 Å². The molecule has 0 aliphatic heterocycles. The van der Waals surface area contributed by atoms with E-state index in [1.165, 1.54) is 25.3 Å². The summed E-state index contributed by atoms with van der Waals surface area (Å²) in [5, 5.41) is 2.78. The van der Waals surface area contributed by atoms with Crippen molar-refractivity contribution in [3.05, 3.63) is 52.0 Å². The molecule has 6 nitrogen and oxygen atoms in total. The highest BCUT2D eigenvalue weighted by Gasteiger charge is 2.26. The van der Waals surface area contributed by atoms with Gasteiger partial charge < -0.3 is 10.1 Å². The Balaban J connectivity index is 2.40. The molecule has 8 heteroatoms. The Kier molecular flexibility index (Phi) is 6.34. The van der Waals surface area contributed by atoms with Crippen LogP contribution in [0.3, 0.4) is 0 Å². The lowest BCUT2D eigenvalue weighted by Crippen LogP contribution is -2.40. The maximum absolute atomic E-state index is 12.7. The highest BCUT2D eigenvalue weighted by Crippen LogP contribution is 2.28. The van der Waals surface area contributed by atoms with Gasteiger partial charge in [0.1, 0.15) is 10.6 Å². The van der Waals surface area contributed by atoms with Gasteiger partial charge in [-0.1, -0.05) is 6.07 Å². The fraction of sp³-hybridized carbons (Fsp3) is 0.316. The van der Waals surface area contributed by atoms with Crippen molar-refractivity contribution < 1.29 is 17.9 Å². The van der Waals surface area contributed by atoms with Crippen LogP contribution in [-0.4, -0.2) is 27.0 Å².